The second-order valence-electron chi connectivity index (χ2n) is 5.09. The highest BCUT2D eigenvalue weighted by Gasteiger charge is 2.39. The molecule has 22 heavy (non-hydrogen) atoms. The molecule has 3 nitrogen and oxygen atoms in total. The lowest BCUT2D eigenvalue weighted by atomic mass is 10.1. The number of carbonyl (C=O) groups is 1. The number of amides is 1. The summed E-state index contributed by atoms with van der Waals surface area (Å²) in [6, 6.07) is 15.8. The van der Waals surface area contributed by atoms with E-state index in [2.05, 4.69) is 15.9 Å². The number of benzene rings is 2. The average Bonchev–Trinajstić information content (AvgIpc) is 2.84. The van der Waals surface area contributed by atoms with E-state index in [9.17, 15) is 4.79 Å². The van der Waals surface area contributed by atoms with Crippen molar-refractivity contribution in [1.82, 2.24) is 0 Å². The van der Waals surface area contributed by atoms with E-state index in [1.54, 1.807) is 18.9 Å². The van der Waals surface area contributed by atoms with Gasteiger partial charge in [-0.3, -0.25) is 9.69 Å². The van der Waals surface area contributed by atoms with Crippen LogP contribution in [-0.2, 0) is 4.79 Å². The summed E-state index contributed by atoms with van der Waals surface area (Å²) in [5.74, 6) is 0.967. The number of anilines is 1. The summed E-state index contributed by atoms with van der Waals surface area (Å²) in [7, 11) is 1.65. The van der Waals surface area contributed by atoms with E-state index in [0.29, 0.717) is 0 Å². The zero-order chi connectivity index (χ0) is 15.7. The molecule has 0 spiro atoms. The molecule has 1 aliphatic rings. The van der Waals surface area contributed by atoms with Gasteiger partial charge in [0.25, 0.3) is 0 Å². The Morgan fingerprint density at radius 1 is 1.09 bits per heavy atom. The fourth-order valence-electron chi connectivity index (χ4n) is 2.48. The molecule has 0 unspecified atom stereocenters. The Morgan fingerprint density at radius 3 is 2.32 bits per heavy atom. The molecule has 1 saturated heterocycles. The third-order valence-electron chi connectivity index (χ3n) is 3.66. The molecule has 0 aliphatic carbocycles. The lowest BCUT2D eigenvalue weighted by Crippen LogP contribution is -2.30. The lowest BCUT2D eigenvalue weighted by Gasteiger charge is -2.24. The number of hydrogen-bond donors (Lipinski definition) is 0. The van der Waals surface area contributed by atoms with Crippen molar-refractivity contribution in [1.29, 1.82) is 0 Å². The van der Waals surface area contributed by atoms with Crippen LogP contribution in [0.1, 0.15) is 17.9 Å². The minimum atomic E-state index is -0.0456. The predicted octanol–water partition coefficient (Wildman–Crippen LogP) is 4.62. The maximum Gasteiger partial charge on any atom is 0.241 e. The van der Waals surface area contributed by atoms with Gasteiger partial charge in [0.1, 0.15) is 11.1 Å². The fraction of sp³-hybridized carbons (Fsp3) is 0.235. The topological polar surface area (TPSA) is 29.5 Å². The van der Waals surface area contributed by atoms with Gasteiger partial charge in [0, 0.05) is 10.2 Å². The summed E-state index contributed by atoms with van der Waals surface area (Å²) < 4.78 is 6.21. The van der Waals surface area contributed by atoms with Crippen LogP contribution in [0.15, 0.2) is 53.0 Å². The monoisotopic (exact) mass is 377 g/mol. The van der Waals surface area contributed by atoms with Crippen molar-refractivity contribution in [2.24, 2.45) is 0 Å². The molecular formula is C17H16BrNO2S. The first-order valence-corrected chi connectivity index (χ1v) is 8.72. The smallest absolute Gasteiger partial charge is 0.241 e. The molecule has 2 aromatic carbocycles. The van der Waals surface area contributed by atoms with Gasteiger partial charge in [0.05, 0.1) is 12.4 Å². The highest BCUT2D eigenvalue weighted by atomic mass is 79.9. The van der Waals surface area contributed by atoms with Crippen LogP contribution in [0.25, 0.3) is 0 Å². The number of halogens is 1. The van der Waals surface area contributed by atoms with Crippen LogP contribution in [0.2, 0.25) is 0 Å². The number of methoxy groups -OCH3 is 1. The van der Waals surface area contributed by atoms with Crippen molar-refractivity contribution < 1.29 is 9.53 Å². The van der Waals surface area contributed by atoms with E-state index in [1.807, 2.05) is 60.4 Å². The van der Waals surface area contributed by atoms with Crippen molar-refractivity contribution in [3.05, 3.63) is 58.6 Å². The van der Waals surface area contributed by atoms with Crippen LogP contribution >= 0.6 is 27.7 Å². The number of hydrogen-bond acceptors (Lipinski definition) is 3. The summed E-state index contributed by atoms with van der Waals surface area (Å²) in [5, 5.41) is -0.0506. The molecule has 2 aromatic rings. The van der Waals surface area contributed by atoms with Crippen molar-refractivity contribution in [3.8, 4) is 5.75 Å². The second kappa shape index (κ2) is 6.34. The molecule has 2 atom stereocenters. The molecule has 1 heterocycles. The average molecular weight is 378 g/mol. The quantitative estimate of drug-likeness (QED) is 0.780. The first kappa shape index (κ1) is 15.4. The van der Waals surface area contributed by atoms with Crippen molar-refractivity contribution >= 4 is 39.3 Å². The maximum atomic E-state index is 12.6. The number of carbonyl (C=O) groups excluding carboxylic acids is 1. The second-order valence-corrected chi connectivity index (χ2v) is 7.43. The summed E-state index contributed by atoms with van der Waals surface area (Å²) in [6.45, 7) is 1.96. The normalized spacial score (nSPS) is 21.2. The van der Waals surface area contributed by atoms with Crippen LogP contribution in [0.4, 0.5) is 5.69 Å². The van der Waals surface area contributed by atoms with Gasteiger partial charge in [-0.1, -0.05) is 28.1 Å². The fourth-order valence-corrected chi connectivity index (χ4v) is 4.03. The number of ether oxygens (including phenoxy) is 1. The standard InChI is InChI=1S/C17H16BrNO2S/c1-11-16(20)19(14-7-5-13(18)6-8-14)17(22-11)12-3-9-15(21-2)10-4-12/h3-11,17H,1-2H3/t11-,17+/m1/s1. The minimum Gasteiger partial charge on any atom is -0.497 e. The Balaban J connectivity index is 1.97. The zero-order valence-electron chi connectivity index (χ0n) is 12.3. The molecule has 114 valence electrons. The minimum absolute atomic E-state index is 0.00502. The summed E-state index contributed by atoms with van der Waals surface area (Å²) in [6.07, 6.45) is 0. The van der Waals surface area contributed by atoms with Gasteiger partial charge in [-0.2, -0.15) is 0 Å². The Morgan fingerprint density at radius 2 is 1.73 bits per heavy atom. The largest absolute Gasteiger partial charge is 0.497 e. The van der Waals surface area contributed by atoms with Crippen molar-refractivity contribution in [2.45, 2.75) is 17.5 Å². The number of thioether (sulfide) groups is 1. The van der Waals surface area contributed by atoms with E-state index in [0.717, 1.165) is 21.5 Å². The molecule has 1 amide bonds. The van der Waals surface area contributed by atoms with Crippen LogP contribution in [-0.4, -0.2) is 18.3 Å². The van der Waals surface area contributed by atoms with Crippen LogP contribution in [0.3, 0.4) is 0 Å². The van der Waals surface area contributed by atoms with Gasteiger partial charge in [-0.15, -0.1) is 11.8 Å². The summed E-state index contributed by atoms with van der Waals surface area (Å²) >= 11 is 5.11. The van der Waals surface area contributed by atoms with E-state index in [-0.39, 0.29) is 16.5 Å². The van der Waals surface area contributed by atoms with Crippen LogP contribution < -0.4 is 9.64 Å². The molecule has 5 heteroatoms. The molecule has 0 N–H and O–H groups in total. The van der Waals surface area contributed by atoms with E-state index in [1.165, 1.54) is 0 Å². The van der Waals surface area contributed by atoms with Gasteiger partial charge >= 0.3 is 0 Å². The maximum absolute atomic E-state index is 12.6. The zero-order valence-corrected chi connectivity index (χ0v) is 14.7. The van der Waals surface area contributed by atoms with E-state index < -0.39 is 0 Å². The van der Waals surface area contributed by atoms with Crippen LogP contribution in [0, 0.1) is 0 Å². The van der Waals surface area contributed by atoms with Gasteiger partial charge < -0.3 is 4.74 Å². The predicted molar refractivity (Wildman–Crippen MR) is 94.4 cm³/mol. The Bertz CT molecular complexity index is 672. The van der Waals surface area contributed by atoms with Gasteiger partial charge in [0.2, 0.25) is 5.91 Å². The summed E-state index contributed by atoms with van der Waals surface area (Å²) in [5.41, 5.74) is 2.03. The highest BCUT2D eigenvalue weighted by Crippen LogP contribution is 2.45. The Hall–Kier alpha value is -1.46. The van der Waals surface area contributed by atoms with Gasteiger partial charge in [-0.05, 0) is 48.9 Å². The van der Waals surface area contributed by atoms with Gasteiger partial charge in [0.15, 0.2) is 0 Å². The summed E-state index contributed by atoms with van der Waals surface area (Å²) in [4.78, 5) is 14.4. The molecular weight excluding hydrogens is 362 g/mol. The van der Waals surface area contributed by atoms with Crippen LogP contribution in [0.5, 0.6) is 5.75 Å². The third kappa shape index (κ3) is 2.88. The van der Waals surface area contributed by atoms with Crippen molar-refractivity contribution in [2.75, 3.05) is 12.0 Å². The van der Waals surface area contributed by atoms with Crippen molar-refractivity contribution in [3.63, 3.8) is 0 Å². The lowest BCUT2D eigenvalue weighted by molar-refractivity contribution is -0.117. The first-order chi connectivity index (χ1) is 10.6. The molecule has 0 saturated carbocycles. The van der Waals surface area contributed by atoms with Gasteiger partial charge in [-0.25, -0.2) is 0 Å². The molecule has 0 aromatic heterocycles. The Kier molecular flexibility index (Phi) is 4.45. The molecule has 1 aliphatic heterocycles. The molecule has 0 radical (unpaired) electrons. The SMILES string of the molecule is COc1ccc([C@@H]2S[C@H](C)C(=O)N2c2ccc(Br)cc2)cc1. The van der Waals surface area contributed by atoms with E-state index in [4.69, 9.17) is 4.74 Å². The molecule has 3 rings (SSSR count). The molecule has 1 fully saturated rings. The van der Waals surface area contributed by atoms with E-state index >= 15 is 0 Å². The number of rotatable bonds is 3. The first-order valence-electron chi connectivity index (χ1n) is 6.98. The Labute approximate surface area is 142 Å². The molecule has 0 bridgehead atoms. The highest BCUT2D eigenvalue weighted by molar-refractivity contribution is 9.10. The number of nitrogens with zero attached hydrogens (tertiary/aromatic N) is 1. The third-order valence-corrected chi connectivity index (χ3v) is 5.54.